The van der Waals surface area contributed by atoms with Crippen LogP contribution >= 0.6 is 7.60 Å². The molecule has 0 aliphatic heterocycles. The lowest BCUT2D eigenvalue weighted by molar-refractivity contribution is -0.116. The molecule has 0 aliphatic carbocycles. The van der Waals surface area contributed by atoms with E-state index in [1.807, 2.05) is 6.07 Å². The van der Waals surface area contributed by atoms with E-state index >= 15 is 0 Å². The van der Waals surface area contributed by atoms with E-state index in [0.717, 1.165) is 0 Å². The number of Topliss-reactive ketones (excluding diaryl/α,β-unsaturated/α-hetero) is 1. The van der Waals surface area contributed by atoms with Gasteiger partial charge >= 0.3 is 7.60 Å². The quantitative estimate of drug-likeness (QED) is 0.484. The van der Waals surface area contributed by atoms with Gasteiger partial charge in [0.25, 0.3) is 0 Å². The van der Waals surface area contributed by atoms with Gasteiger partial charge in [0, 0.05) is 12.8 Å². The van der Waals surface area contributed by atoms with Gasteiger partial charge in [-0.3, -0.25) is 9.36 Å². The molecular weight excluding hydrogens is 181 g/mol. The number of nitrogens with zero attached hydrogens (tertiary/aromatic N) is 1. The zero-order valence-electron chi connectivity index (χ0n) is 6.43. The minimum absolute atomic E-state index is 0.0681. The highest BCUT2D eigenvalue weighted by Gasteiger charge is 2.17. The van der Waals surface area contributed by atoms with Crippen molar-refractivity contribution in [1.82, 2.24) is 0 Å². The molecule has 12 heavy (non-hydrogen) atoms. The van der Waals surface area contributed by atoms with Crippen molar-refractivity contribution in [3.8, 4) is 6.07 Å². The molecule has 0 fully saturated rings. The molecule has 0 radical (unpaired) electrons. The first kappa shape index (κ1) is 11.3. The van der Waals surface area contributed by atoms with Gasteiger partial charge in [-0.05, 0) is 6.42 Å². The molecule has 5 nitrogen and oxygen atoms in total. The van der Waals surface area contributed by atoms with Crippen molar-refractivity contribution in [2.45, 2.75) is 19.3 Å². The fourth-order valence-corrected chi connectivity index (χ4v) is 1.29. The summed E-state index contributed by atoms with van der Waals surface area (Å²) in [7, 11) is -4.20. The van der Waals surface area contributed by atoms with E-state index in [1.54, 1.807) is 0 Å². The van der Waals surface area contributed by atoms with Crippen molar-refractivity contribution in [2.75, 3.05) is 6.16 Å². The SMILES string of the molecule is N#CCCCC(=O)CP(=O)(O)O. The third-order valence-corrected chi connectivity index (χ3v) is 1.89. The van der Waals surface area contributed by atoms with Crippen molar-refractivity contribution in [3.05, 3.63) is 0 Å². The molecule has 0 unspecified atom stereocenters. The zero-order chi connectivity index (χ0) is 9.61. The summed E-state index contributed by atoms with van der Waals surface area (Å²) >= 11 is 0. The van der Waals surface area contributed by atoms with Crippen LogP contribution in [0, 0.1) is 11.3 Å². The van der Waals surface area contributed by atoms with Gasteiger partial charge in [-0.2, -0.15) is 5.26 Å². The molecule has 0 aromatic carbocycles. The maximum absolute atomic E-state index is 10.7. The lowest BCUT2D eigenvalue weighted by Gasteiger charge is -2.00. The minimum Gasteiger partial charge on any atom is -0.324 e. The predicted molar refractivity (Wildman–Crippen MR) is 41.4 cm³/mol. The standard InChI is InChI=1S/C6H10NO4P/c7-4-2-1-3-6(8)5-12(9,10)11/h1-3,5H2,(H2,9,10,11). The van der Waals surface area contributed by atoms with E-state index < -0.39 is 19.5 Å². The summed E-state index contributed by atoms with van der Waals surface area (Å²) in [5, 5.41) is 8.10. The number of hydrogen-bond acceptors (Lipinski definition) is 3. The molecular formula is C6H10NO4P. The third-order valence-electron chi connectivity index (χ3n) is 1.13. The van der Waals surface area contributed by atoms with Gasteiger partial charge in [-0.15, -0.1) is 0 Å². The van der Waals surface area contributed by atoms with Gasteiger partial charge < -0.3 is 9.79 Å². The van der Waals surface area contributed by atoms with Crippen LogP contribution in [0.4, 0.5) is 0 Å². The first-order chi connectivity index (χ1) is 5.45. The Kier molecular flexibility index (Phi) is 4.75. The van der Waals surface area contributed by atoms with Gasteiger partial charge in [-0.25, -0.2) is 0 Å². The van der Waals surface area contributed by atoms with Crippen molar-refractivity contribution in [2.24, 2.45) is 0 Å². The van der Waals surface area contributed by atoms with Gasteiger partial charge in [-0.1, -0.05) is 0 Å². The number of carbonyl (C=O) groups is 1. The Balaban J connectivity index is 3.63. The predicted octanol–water partition coefficient (Wildman–Crippen LogP) is 0.427. The van der Waals surface area contributed by atoms with Crippen molar-refractivity contribution in [1.29, 1.82) is 5.26 Å². The van der Waals surface area contributed by atoms with E-state index in [4.69, 9.17) is 15.0 Å². The summed E-state index contributed by atoms with van der Waals surface area (Å²) in [5.41, 5.74) is 0. The Morgan fingerprint density at radius 3 is 2.50 bits per heavy atom. The van der Waals surface area contributed by atoms with Gasteiger partial charge in [0.1, 0.15) is 11.9 Å². The number of ketones is 1. The van der Waals surface area contributed by atoms with Crippen LogP contribution in [0.2, 0.25) is 0 Å². The average Bonchev–Trinajstić information content (AvgIpc) is 1.84. The van der Waals surface area contributed by atoms with Crippen LogP contribution < -0.4 is 0 Å². The third kappa shape index (κ3) is 7.42. The van der Waals surface area contributed by atoms with Crippen LogP contribution in [0.3, 0.4) is 0 Å². The van der Waals surface area contributed by atoms with Crippen LogP contribution in [-0.2, 0) is 9.36 Å². The van der Waals surface area contributed by atoms with E-state index in [9.17, 15) is 9.36 Å². The van der Waals surface area contributed by atoms with Crippen molar-refractivity contribution in [3.63, 3.8) is 0 Å². The van der Waals surface area contributed by atoms with Crippen molar-refractivity contribution >= 4 is 13.4 Å². The van der Waals surface area contributed by atoms with E-state index in [-0.39, 0.29) is 12.8 Å². The Morgan fingerprint density at radius 2 is 2.08 bits per heavy atom. The smallest absolute Gasteiger partial charge is 0.324 e. The fourth-order valence-electron chi connectivity index (χ4n) is 0.673. The van der Waals surface area contributed by atoms with E-state index in [2.05, 4.69) is 0 Å². The summed E-state index contributed by atoms with van der Waals surface area (Å²) < 4.78 is 10.3. The zero-order valence-corrected chi connectivity index (χ0v) is 7.33. The number of carbonyl (C=O) groups excluding carboxylic acids is 1. The second-order valence-corrected chi connectivity index (χ2v) is 4.02. The molecule has 0 atom stereocenters. The first-order valence-corrected chi connectivity index (χ1v) is 5.18. The minimum atomic E-state index is -4.20. The molecule has 0 aromatic rings. The number of unbranched alkanes of at least 4 members (excludes halogenated alkanes) is 1. The number of nitriles is 1. The molecule has 0 heterocycles. The number of hydrogen-bond donors (Lipinski definition) is 2. The Morgan fingerprint density at radius 1 is 1.50 bits per heavy atom. The molecule has 0 spiro atoms. The maximum Gasteiger partial charge on any atom is 0.332 e. The summed E-state index contributed by atoms with van der Waals surface area (Å²) in [4.78, 5) is 27.5. The molecule has 0 bridgehead atoms. The van der Waals surface area contributed by atoms with Gasteiger partial charge in [0.05, 0.1) is 6.07 Å². The summed E-state index contributed by atoms with van der Waals surface area (Å²) in [5.74, 6) is -0.487. The largest absolute Gasteiger partial charge is 0.332 e. The number of rotatable bonds is 5. The molecule has 0 aliphatic rings. The summed E-state index contributed by atoms with van der Waals surface area (Å²) in [6.07, 6.45) is -0.0284. The van der Waals surface area contributed by atoms with Crippen molar-refractivity contribution < 1.29 is 19.1 Å². The molecule has 0 rings (SSSR count). The second-order valence-electron chi connectivity index (χ2n) is 2.37. The molecule has 0 saturated heterocycles. The second kappa shape index (κ2) is 5.04. The fraction of sp³-hybridized carbons (Fsp3) is 0.667. The molecule has 68 valence electrons. The van der Waals surface area contributed by atoms with Crippen LogP contribution in [0.15, 0.2) is 0 Å². The highest BCUT2D eigenvalue weighted by Crippen LogP contribution is 2.34. The van der Waals surface area contributed by atoms with Crippen LogP contribution in [0.5, 0.6) is 0 Å². The summed E-state index contributed by atoms with van der Waals surface area (Å²) in [6, 6.07) is 1.84. The van der Waals surface area contributed by atoms with Crippen LogP contribution in [0.1, 0.15) is 19.3 Å². The lowest BCUT2D eigenvalue weighted by Crippen LogP contribution is -2.04. The highest BCUT2D eigenvalue weighted by atomic mass is 31.2. The Hall–Kier alpha value is -0.690. The Labute approximate surface area is 70.2 Å². The molecule has 0 amide bonds. The molecule has 0 aromatic heterocycles. The van der Waals surface area contributed by atoms with E-state index in [0.29, 0.717) is 6.42 Å². The topological polar surface area (TPSA) is 98.4 Å². The first-order valence-electron chi connectivity index (χ1n) is 3.39. The van der Waals surface area contributed by atoms with Crippen LogP contribution in [-0.4, -0.2) is 21.7 Å². The van der Waals surface area contributed by atoms with Gasteiger partial charge in [0.15, 0.2) is 0 Å². The lowest BCUT2D eigenvalue weighted by atomic mass is 10.2. The molecule has 0 saturated carbocycles. The Bertz CT molecular complexity index is 238. The van der Waals surface area contributed by atoms with E-state index in [1.165, 1.54) is 0 Å². The molecule has 6 heteroatoms. The monoisotopic (exact) mass is 191 g/mol. The normalized spacial score (nSPS) is 10.8. The molecule has 2 N–H and O–H groups in total. The highest BCUT2D eigenvalue weighted by molar-refractivity contribution is 7.52. The van der Waals surface area contributed by atoms with Gasteiger partial charge in [0.2, 0.25) is 0 Å². The van der Waals surface area contributed by atoms with Crippen LogP contribution in [0.25, 0.3) is 0 Å². The average molecular weight is 191 g/mol. The maximum atomic E-state index is 10.7. The summed E-state index contributed by atoms with van der Waals surface area (Å²) in [6.45, 7) is 0.